The second-order valence-corrected chi connectivity index (χ2v) is 5.91. The van der Waals surface area contributed by atoms with Gasteiger partial charge in [0.2, 0.25) is 0 Å². The highest BCUT2D eigenvalue weighted by atomic mass is 35.5. The maximum atomic E-state index is 6.04. The zero-order valence-electron chi connectivity index (χ0n) is 8.37. The smallest absolute Gasteiger partial charge is 0.137 e. The molecular weight excluding hydrogens is 283 g/mol. The van der Waals surface area contributed by atoms with E-state index < -0.39 is 0 Å². The van der Waals surface area contributed by atoms with Gasteiger partial charge < -0.3 is 10.2 Å². The first-order valence-electron chi connectivity index (χ1n) is 4.77. The molecule has 1 aromatic rings. The summed E-state index contributed by atoms with van der Waals surface area (Å²) in [7, 11) is 0. The Balaban J connectivity index is 1.98. The molecule has 2 rings (SSSR count). The van der Waals surface area contributed by atoms with E-state index in [4.69, 9.17) is 35.4 Å². The highest BCUT2D eigenvalue weighted by molar-refractivity contribution is 8.23. The van der Waals surface area contributed by atoms with Crippen molar-refractivity contribution < 1.29 is 0 Å². The van der Waals surface area contributed by atoms with Crippen LogP contribution in [-0.2, 0) is 0 Å². The number of benzene rings is 1. The molecule has 0 amide bonds. The van der Waals surface area contributed by atoms with E-state index in [1.807, 2.05) is 6.07 Å². The van der Waals surface area contributed by atoms with Crippen molar-refractivity contribution in [3.8, 4) is 0 Å². The Morgan fingerprint density at radius 1 is 1.44 bits per heavy atom. The van der Waals surface area contributed by atoms with Crippen LogP contribution in [0.1, 0.15) is 0 Å². The third kappa shape index (κ3) is 2.94. The standard InChI is InChI=1S/C10H10Cl2N2S2/c11-7-1-2-8(12)9(5-7)13-6-14-3-4-16-10(14)15/h1-2,5,13H,3-4,6H2. The van der Waals surface area contributed by atoms with Gasteiger partial charge in [-0.3, -0.25) is 0 Å². The molecule has 2 nitrogen and oxygen atoms in total. The molecule has 0 saturated carbocycles. The summed E-state index contributed by atoms with van der Waals surface area (Å²) in [6, 6.07) is 5.37. The minimum absolute atomic E-state index is 0.669. The maximum absolute atomic E-state index is 6.04. The molecule has 1 aliphatic rings. The molecule has 0 radical (unpaired) electrons. The quantitative estimate of drug-likeness (QED) is 0.854. The van der Waals surface area contributed by atoms with E-state index in [0.717, 1.165) is 22.3 Å². The molecule has 0 atom stereocenters. The van der Waals surface area contributed by atoms with E-state index in [0.29, 0.717) is 16.7 Å². The van der Waals surface area contributed by atoms with Gasteiger partial charge in [-0.1, -0.05) is 47.2 Å². The predicted molar refractivity (Wildman–Crippen MR) is 76.7 cm³/mol. The molecule has 0 aromatic heterocycles. The average Bonchev–Trinajstić information content (AvgIpc) is 2.66. The van der Waals surface area contributed by atoms with Crippen LogP contribution in [0.2, 0.25) is 10.0 Å². The number of thiocarbonyl (C=S) groups is 1. The first kappa shape index (κ1) is 12.3. The molecule has 0 spiro atoms. The van der Waals surface area contributed by atoms with Crippen LogP contribution >= 0.6 is 47.2 Å². The Morgan fingerprint density at radius 2 is 2.25 bits per heavy atom. The Bertz CT molecular complexity index is 412. The number of halogens is 2. The van der Waals surface area contributed by atoms with Gasteiger partial charge >= 0.3 is 0 Å². The fourth-order valence-electron chi connectivity index (χ4n) is 1.38. The van der Waals surface area contributed by atoms with Crippen LogP contribution in [0.5, 0.6) is 0 Å². The SMILES string of the molecule is S=C1SCCN1CNc1cc(Cl)ccc1Cl. The topological polar surface area (TPSA) is 15.3 Å². The van der Waals surface area contributed by atoms with Gasteiger partial charge in [0.15, 0.2) is 0 Å². The molecule has 1 aliphatic heterocycles. The van der Waals surface area contributed by atoms with E-state index in [-0.39, 0.29) is 0 Å². The number of hydrogen-bond acceptors (Lipinski definition) is 3. The van der Waals surface area contributed by atoms with Gasteiger partial charge in [-0.05, 0) is 18.2 Å². The summed E-state index contributed by atoms with van der Waals surface area (Å²) in [5.74, 6) is 1.06. The van der Waals surface area contributed by atoms with Gasteiger partial charge in [0.25, 0.3) is 0 Å². The van der Waals surface area contributed by atoms with Gasteiger partial charge in [0.1, 0.15) is 4.32 Å². The monoisotopic (exact) mass is 292 g/mol. The molecule has 86 valence electrons. The lowest BCUT2D eigenvalue weighted by atomic mass is 10.3. The first-order valence-corrected chi connectivity index (χ1v) is 6.92. The molecule has 0 unspecified atom stereocenters. The van der Waals surface area contributed by atoms with E-state index in [1.54, 1.807) is 23.9 Å². The predicted octanol–water partition coefficient (Wildman–Crippen LogP) is 3.70. The van der Waals surface area contributed by atoms with E-state index in [1.165, 1.54) is 0 Å². The Hall–Kier alpha value is -0.160. The Labute approximate surface area is 114 Å². The number of nitrogens with zero attached hydrogens (tertiary/aromatic N) is 1. The summed E-state index contributed by atoms with van der Waals surface area (Å²) in [5.41, 5.74) is 0.842. The molecular formula is C10H10Cl2N2S2. The van der Waals surface area contributed by atoms with Gasteiger partial charge in [-0.15, -0.1) is 0 Å². The van der Waals surface area contributed by atoms with Crippen LogP contribution in [0.3, 0.4) is 0 Å². The third-order valence-corrected chi connectivity index (χ3v) is 4.30. The van der Waals surface area contributed by atoms with Crippen molar-refractivity contribution >= 4 is 57.2 Å². The summed E-state index contributed by atoms with van der Waals surface area (Å²) in [5, 5.41) is 4.58. The summed E-state index contributed by atoms with van der Waals surface area (Å²) < 4.78 is 0.936. The Kier molecular flexibility index (Phi) is 4.19. The van der Waals surface area contributed by atoms with Gasteiger partial charge in [-0.25, -0.2) is 0 Å². The number of hydrogen-bond donors (Lipinski definition) is 1. The second kappa shape index (κ2) is 5.45. The van der Waals surface area contributed by atoms with E-state index in [9.17, 15) is 0 Å². The van der Waals surface area contributed by atoms with Crippen molar-refractivity contribution in [2.75, 3.05) is 24.3 Å². The molecule has 6 heteroatoms. The molecule has 1 saturated heterocycles. The van der Waals surface area contributed by atoms with Crippen LogP contribution in [0, 0.1) is 0 Å². The van der Waals surface area contributed by atoms with Crippen LogP contribution in [0.4, 0.5) is 5.69 Å². The van der Waals surface area contributed by atoms with Crippen molar-refractivity contribution in [3.63, 3.8) is 0 Å². The molecule has 1 heterocycles. The lowest BCUT2D eigenvalue weighted by Gasteiger charge is -2.18. The zero-order chi connectivity index (χ0) is 11.5. The Morgan fingerprint density at radius 3 is 2.94 bits per heavy atom. The second-order valence-electron chi connectivity index (χ2n) is 3.34. The van der Waals surface area contributed by atoms with Crippen molar-refractivity contribution in [3.05, 3.63) is 28.2 Å². The summed E-state index contributed by atoms with van der Waals surface area (Å²) in [6.07, 6.45) is 0. The van der Waals surface area contributed by atoms with Crippen molar-refractivity contribution in [2.45, 2.75) is 0 Å². The van der Waals surface area contributed by atoms with Crippen LogP contribution < -0.4 is 5.32 Å². The van der Waals surface area contributed by atoms with Crippen molar-refractivity contribution in [1.82, 2.24) is 4.90 Å². The molecule has 0 aliphatic carbocycles. The summed E-state index contributed by atoms with van der Waals surface area (Å²) in [6.45, 7) is 1.65. The van der Waals surface area contributed by atoms with E-state index in [2.05, 4.69) is 10.2 Å². The molecule has 1 aromatic carbocycles. The largest absolute Gasteiger partial charge is 0.366 e. The van der Waals surface area contributed by atoms with Gasteiger partial charge in [0, 0.05) is 17.3 Å². The zero-order valence-corrected chi connectivity index (χ0v) is 11.5. The molecule has 0 bridgehead atoms. The van der Waals surface area contributed by atoms with E-state index >= 15 is 0 Å². The first-order chi connectivity index (χ1) is 7.66. The third-order valence-electron chi connectivity index (χ3n) is 2.23. The fraction of sp³-hybridized carbons (Fsp3) is 0.300. The average molecular weight is 293 g/mol. The highest BCUT2D eigenvalue weighted by Crippen LogP contribution is 2.26. The van der Waals surface area contributed by atoms with Crippen LogP contribution in [0.15, 0.2) is 18.2 Å². The van der Waals surface area contributed by atoms with Gasteiger partial charge in [0.05, 0.1) is 17.4 Å². The summed E-state index contributed by atoms with van der Waals surface area (Å²) >= 11 is 18.8. The molecule has 16 heavy (non-hydrogen) atoms. The highest BCUT2D eigenvalue weighted by Gasteiger charge is 2.16. The normalized spacial score (nSPS) is 15.6. The van der Waals surface area contributed by atoms with Crippen LogP contribution in [-0.4, -0.2) is 28.2 Å². The number of nitrogens with one attached hydrogen (secondary N) is 1. The summed E-state index contributed by atoms with van der Waals surface area (Å²) in [4.78, 5) is 2.11. The van der Waals surface area contributed by atoms with Gasteiger partial charge in [-0.2, -0.15) is 0 Å². The molecule has 1 N–H and O–H groups in total. The number of thioether (sulfide) groups is 1. The molecule has 1 fully saturated rings. The minimum atomic E-state index is 0.669. The maximum Gasteiger partial charge on any atom is 0.137 e. The van der Waals surface area contributed by atoms with Crippen molar-refractivity contribution in [1.29, 1.82) is 0 Å². The fourth-order valence-corrected chi connectivity index (χ4v) is 2.97. The number of anilines is 1. The minimum Gasteiger partial charge on any atom is -0.366 e. The van der Waals surface area contributed by atoms with Crippen molar-refractivity contribution in [2.24, 2.45) is 0 Å². The van der Waals surface area contributed by atoms with Crippen LogP contribution in [0.25, 0.3) is 0 Å². The lowest BCUT2D eigenvalue weighted by molar-refractivity contribution is 0.502. The lowest BCUT2D eigenvalue weighted by Crippen LogP contribution is -2.29. The number of rotatable bonds is 3.